The molecule has 92 valence electrons. The Morgan fingerprint density at radius 2 is 2.29 bits per heavy atom. The molecule has 0 aliphatic carbocycles. The standard InChI is InChI=1S/C10H11ClFN3O2/c1-5(9(13)15-17)14-10(16)6-3-2-4-7(11)8(6)12/h2-5,17H,1H3,(H2,13,15)(H,14,16). The maximum atomic E-state index is 13.5. The lowest BCUT2D eigenvalue weighted by Gasteiger charge is -2.12. The first-order chi connectivity index (χ1) is 7.97. The van der Waals surface area contributed by atoms with E-state index >= 15 is 0 Å². The van der Waals surface area contributed by atoms with Crippen molar-refractivity contribution >= 4 is 23.3 Å². The molecule has 5 nitrogen and oxygen atoms in total. The van der Waals surface area contributed by atoms with E-state index in [9.17, 15) is 9.18 Å². The lowest BCUT2D eigenvalue weighted by Crippen LogP contribution is -2.42. The number of halogens is 2. The van der Waals surface area contributed by atoms with Gasteiger partial charge in [0.15, 0.2) is 11.7 Å². The fourth-order valence-electron chi connectivity index (χ4n) is 1.11. The number of hydrogen-bond donors (Lipinski definition) is 3. The molecular formula is C10H11ClFN3O2. The van der Waals surface area contributed by atoms with E-state index in [0.29, 0.717) is 0 Å². The van der Waals surface area contributed by atoms with E-state index in [0.717, 1.165) is 0 Å². The number of oxime groups is 1. The van der Waals surface area contributed by atoms with Crippen LogP contribution < -0.4 is 11.1 Å². The Balaban J connectivity index is 2.88. The summed E-state index contributed by atoms with van der Waals surface area (Å²) in [6.07, 6.45) is 0. The minimum absolute atomic E-state index is 0.144. The molecule has 1 aromatic carbocycles. The van der Waals surface area contributed by atoms with Crippen LogP contribution in [0.5, 0.6) is 0 Å². The third-order valence-corrected chi connectivity index (χ3v) is 2.39. The normalized spacial score (nSPS) is 13.2. The Morgan fingerprint density at radius 1 is 1.65 bits per heavy atom. The molecule has 1 atom stereocenters. The zero-order valence-electron chi connectivity index (χ0n) is 8.95. The molecule has 0 aromatic heterocycles. The van der Waals surface area contributed by atoms with Crippen LogP contribution in [-0.2, 0) is 0 Å². The summed E-state index contributed by atoms with van der Waals surface area (Å²) in [4.78, 5) is 11.6. The average Bonchev–Trinajstić information content (AvgIpc) is 2.31. The van der Waals surface area contributed by atoms with Crippen molar-refractivity contribution in [3.05, 3.63) is 34.6 Å². The molecule has 0 aliphatic rings. The molecule has 0 heterocycles. The number of nitrogens with zero attached hydrogens (tertiary/aromatic N) is 1. The van der Waals surface area contributed by atoms with Crippen molar-refractivity contribution in [3.63, 3.8) is 0 Å². The van der Waals surface area contributed by atoms with Gasteiger partial charge >= 0.3 is 0 Å². The second-order valence-electron chi connectivity index (χ2n) is 3.32. The van der Waals surface area contributed by atoms with E-state index in [1.54, 1.807) is 0 Å². The van der Waals surface area contributed by atoms with Crippen LogP contribution in [0.2, 0.25) is 5.02 Å². The summed E-state index contributed by atoms with van der Waals surface area (Å²) < 4.78 is 13.5. The predicted molar refractivity (Wildman–Crippen MR) is 61.7 cm³/mol. The average molecular weight is 260 g/mol. The molecule has 0 saturated carbocycles. The first-order valence-electron chi connectivity index (χ1n) is 4.69. The Hall–Kier alpha value is -1.82. The lowest BCUT2D eigenvalue weighted by molar-refractivity contribution is 0.0944. The fourth-order valence-corrected chi connectivity index (χ4v) is 1.29. The molecule has 1 amide bonds. The maximum Gasteiger partial charge on any atom is 0.254 e. The van der Waals surface area contributed by atoms with Gasteiger partial charge in [-0.05, 0) is 19.1 Å². The van der Waals surface area contributed by atoms with Gasteiger partial charge in [-0.1, -0.05) is 22.8 Å². The molecule has 0 bridgehead atoms. The van der Waals surface area contributed by atoms with Gasteiger partial charge in [-0.25, -0.2) is 4.39 Å². The van der Waals surface area contributed by atoms with Gasteiger partial charge in [-0.15, -0.1) is 0 Å². The summed E-state index contributed by atoms with van der Waals surface area (Å²) in [5, 5.41) is 13.4. The van der Waals surface area contributed by atoms with E-state index in [1.165, 1.54) is 25.1 Å². The SMILES string of the molecule is CC(NC(=O)c1cccc(Cl)c1F)/C(N)=N/O. The topological polar surface area (TPSA) is 87.7 Å². The van der Waals surface area contributed by atoms with Crippen LogP contribution in [0, 0.1) is 5.82 Å². The zero-order valence-corrected chi connectivity index (χ0v) is 9.70. The molecule has 7 heteroatoms. The monoisotopic (exact) mass is 259 g/mol. The largest absolute Gasteiger partial charge is 0.409 e. The predicted octanol–water partition coefficient (Wildman–Crippen LogP) is 1.34. The van der Waals surface area contributed by atoms with Crippen LogP contribution in [0.15, 0.2) is 23.4 Å². The van der Waals surface area contributed by atoms with Crippen LogP contribution >= 0.6 is 11.6 Å². The van der Waals surface area contributed by atoms with E-state index in [1.807, 2.05) is 0 Å². The minimum atomic E-state index is -0.807. The number of amidine groups is 1. The molecule has 17 heavy (non-hydrogen) atoms. The van der Waals surface area contributed by atoms with Crippen molar-refractivity contribution in [1.82, 2.24) is 5.32 Å². The zero-order chi connectivity index (χ0) is 13.0. The molecule has 1 aromatic rings. The first-order valence-corrected chi connectivity index (χ1v) is 5.07. The number of amides is 1. The third-order valence-electron chi connectivity index (χ3n) is 2.10. The van der Waals surface area contributed by atoms with Crippen LogP contribution in [0.1, 0.15) is 17.3 Å². The quantitative estimate of drug-likeness (QED) is 0.331. The highest BCUT2D eigenvalue weighted by Crippen LogP contribution is 2.17. The summed E-state index contributed by atoms with van der Waals surface area (Å²) in [5.74, 6) is -1.68. The summed E-state index contributed by atoms with van der Waals surface area (Å²) in [6, 6.07) is 3.36. The number of nitrogens with one attached hydrogen (secondary N) is 1. The van der Waals surface area contributed by atoms with Gasteiger partial charge in [-0.2, -0.15) is 0 Å². The van der Waals surface area contributed by atoms with Crippen molar-refractivity contribution in [1.29, 1.82) is 0 Å². The van der Waals surface area contributed by atoms with Gasteiger partial charge in [0.2, 0.25) is 0 Å². The van der Waals surface area contributed by atoms with E-state index < -0.39 is 17.8 Å². The van der Waals surface area contributed by atoms with Crippen molar-refractivity contribution in [2.24, 2.45) is 10.9 Å². The number of carbonyl (C=O) groups excluding carboxylic acids is 1. The first kappa shape index (κ1) is 13.2. The Kier molecular flexibility index (Phi) is 4.28. The second kappa shape index (κ2) is 5.49. The Bertz CT molecular complexity index is 465. The molecule has 0 radical (unpaired) electrons. The number of rotatable bonds is 3. The van der Waals surface area contributed by atoms with Crippen molar-refractivity contribution in [3.8, 4) is 0 Å². The van der Waals surface area contributed by atoms with Crippen LogP contribution in [0.25, 0.3) is 0 Å². The van der Waals surface area contributed by atoms with Crippen molar-refractivity contribution < 1.29 is 14.4 Å². The van der Waals surface area contributed by atoms with E-state index in [4.69, 9.17) is 22.5 Å². The van der Waals surface area contributed by atoms with Crippen molar-refractivity contribution in [2.75, 3.05) is 0 Å². The summed E-state index contributed by atoms with van der Waals surface area (Å²) >= 11 is 5.54. The minimum Gasteiger partial charge on any atom is -0.409 e. The van der Waals surface area contributed by atoms with Gasteiger partial charge in [0.05, 0.1) is 16.6 Å². The van der Waals surface area contributed by atoms with Gasteiger partial charge in [0.1, 0.15) is 0 Å². The summed E-state index contributed by atoms with van der Waals surface area (Å²) in [7, 11) is 0. The van der Waals surface area contributed by atoms with E-state index in [2.05, 4.69) is 10.5 Å². The summed E-state index contributed by atoms with van der Waals surface area (Å²) in [5.41, 5.74) is 5.08. The van der Waals surface area contributed by atoms with Gasteiger partial charge in [-0.3, -0.25) is 4.79 Å². The highest BCUT2D eigenvalue weighted by Gasteiger charge is 2.17. The van der Waals surface area contributed by atoms with Gasteiger partial charge in [0, 0.05) is 0 Å². The van der Waals surface area contributed by atoms with Gasteiger partial charge < -0.3 is 16.3 Å². The lowest BCUT2D eigenvalue weighted by atomic mass is 10.2. The molecule has 1 rings (SSSR count). The third kappa shape index (κ3) is 3.07. The Labute approximate surface area is 102 Å². The van der Waals surface area contributed by atoms with Crippen LogP contribution in [0.3, 0.4) is 0 Å². The second-order valence-corrected chi connectivity index (χ2v) is 3.73. The molecule has 0 fully saturated rings. The van der Waals surface area contributed by atoms with E-state index in [-0.39, 0.29) is 16.4 Å². The molecule has 1 unspecified atom stereocenters. The smallest absolute Gasteiger partial charge is 0.254 e. The molecule has 0 spiro atoms. The summed E-state index contributed by atoms with van der Waals surface area (Å²) in [6.45, 7) is 1.50. The molecular weight excluding hydrogens is 249 g/mol. The highest BCUT2D eigenvalue weighted by molar-refractivity contribution is 6.31. The highest BCUT2D eigenvalue weighted by atomic mass is 35.5. The van der Waals surface area contributed by atoms with Crippen molar-refractivity contribution in [2.45, 2.75) is 13.0 Å². The molecule has 4 N–H and O–H groups in total. The fraction of sp³-hybridized carbons (Fsp3) is 0.200. The Morgan fingerprint density at radius 3 is 2.88 bits per heavy atom. The number of benzene rings is 1. The maximum absolute atomic E-state index is 13.5. The van der Waals surface area contributed by atoms with Crippen LogP contribution in [-0.4, -0.2) is 23.0 Å². The number of hydrogen-bond acceptors (Lipinski definition) is 3. The number of nitrogens with two attached hydrogens (primary N) is 1. The van der Waals surface area contributed by atoms with Gasteiger partial charge in [0.25, 0.3) is 5.91 Å². The van der Waals surface area contributed by atoms with Crippen LogP contribution in [0.4, 0.5) is 4.39 Å². The molecule has 0 aliphatic heterocycles. The number of carbonyl (C=O) groups is 1. The molecule has 0 saturated heterocycles.